The number of rotatable bonds is 5. The number of likely N-dealkylation sites (N-methyl/N-ethyl adjacent to an activating group) is 1. The van der Waals surface area contributed by atoms with Crippen molar-refractivity contribution >= 4 is 15.9 Å². The predicted molar refractivity (Wildman–Crippen MR) is 89.7 cm³/mol. The van der Waals surface area contributed by atoms with Crippen LogP contribution < -0.4 is 5.73 Å². The Balaban J connectivity index is 2.10. The van der Waals surface area contributed by atoms with E-state index < -0.39 is 0 Å². The third-order valence-corrected chi connectivity index (χ3v) is 5.69. The minimum atomic E-state index is -0.215. The molecule has 2 nitrogen and oxygen atoms in total. The Morgan fingerprint density at radius 2 is 2.00 bits per heavy atom. The molecule has 1 atom stereocenters. The summed E-state index contributed by atoms with van der Waals surface area (Å²) >= 11 is 3.48. The molecular weight excluding hydrogens is 331 g/mol. The number of nitrogens with two attached hydrogens (primary N) is 1. The van der Waals surface area contributed by atoms with Crippen LogP contribution in [0, 0.1) is 11.7 Å². The minimum absolute atomic E-state index is 0.142. The molecule has 4 heteroatoms. The van der Waals surface area contributed by atoms with Crippen molar-refractivity contribution in [3.8, 4) is 0 Å². The third kappa shape index (κ3) is 4.05. The average Bonchev–Trinajstić information content (AvgIpc) is 2.50. The van der Waals surface area contributed by atoms with Crippen molar-refractivity contribution in [2.75, 3.05) is 13.6 Å². The molecule has 2 rings (SSSR count). The quantitative estimate of drug-likeness (QED) is 0.841. The van der Waals surface area contributed by atoms with Gasteiger partial charge >= 0.3 is 0 Å². The number of hydrogen-bond donors (Lipinski definition) is 1. The van der Waals surface area contributed by atoms with E-state index in [2.05, 4.69) is 34.8 Å². The molecule has 21 heavy (non-hydrogen) atoms. The summed E-state index contributed by atoms with van der Waals surface area (Å²) in [5.41, 5.74) is 7.10. The van der Waals surface area contributed by atoms with Gasteiger partial charge in [0.25, 0.3) is 0 Å². The van der Waals surface area contributed by atoms with Gasteiger partial charge in [0.05, 0.1) is 0 Å². The third-order valence-electron chi connectivity index (χ3n) is 5.01. The van der Waals surface area contributed by atoms with Gasteiger partial charge in [-0.25, -0.2) is 4.39 Å². The summed E-state index contributed by atoms with van der Waals surface area (Å²) in [6.07, 6.45) is 6.40. The van der Waals surface area contributed by atoms with Gasteiger partial charge < -0.3 is 5.73 Å². The maximum Gasteiger partial charge on any atom is 0.124 e. The van der Waals surface area contributed by atoms with E-state index in [4.69, 9.17) is 5.73 Å². The van der Waals surface area contributed by atoms with E-state index in [-0.39, 0.29) is 11.9 Å². The van der Waals surface area contributed by atoms with Gasteiger partial charge in [-0.15, -0.1) is 0 Å². The molecule has 0 bridgehead atoms. The van der Waals surface area contributed by atoms with Crippen molar-refractivity contribution in [2.24, 2.45) is 11.7 Å². The summed E-state index contributed by atoms with van der Waals surface area (Å²) in [6.45, 7) is 2.83. The Bertz CT molecular complexity index is 458. The van der Waals surface area contributed by atoms with Crippen LogP contribution in [-0.4, -0.2) is 24.5 Å². The van der Waals surface area contributed by atoms with Crippen molar-refractivity contribution in [3.63, 3.8) is 0 Å². The molecule has 0 aromatic heterocycles. The number of halogens is 2. The zero-order valence-electron chi connectivity index (χ0n) is 13.0. The lowest BCUT2D eigenvalue weighted by molar-refractivity contribution is 0.121. The summed E-state index contributed by atoms with van der Waals surface area (Å²) < 4.78 is 14.1. The first-order valence-corrected chi connectivity index (χ1v) is 8.73. The lowest BCUT2D eigenvalue weighted by Gasteiger charge is -2.39. The largest absolute Gasteiger partial charge is 0.329 e. The van der Waals surface area contributed by atoms with Crippen LogP contribution in [0.1, 0.15) is 50.6 Å². The molecule has 1 aromatic carbocycles. The van der Waals surface area contributed by atoms with Gasteiger partial charge in [0.2, 0.25) is 0 Å². The van der Waals surface area contributed by atoms with Crippen LogP contribution in [-0.2, 0) is 0 Å². The average molecular weight is 357 g/mol. The molecule has 1 unspecified atom stereocenters. The van der Waals surface area contributed by atoms with E-state index in [0.29, 0.717) is 12.6 Å². The maximum atomic E-state index is 13.3. The molecule has 1 saturated carbocycles. The fourth-order valence-electron chi connectivity index (χ4n) is 3.50. The maximum absolute atomic E-state index is 13.3. The van der Waals surface area contributed by atoms with E-state index >= 15 is 0 Å². The monoisotopic (exact) mass is 356 g/mol. The fraction of sp³-hybridized carbons (Fsp3) is 0.647. The Hall–Kier alpha value is -0.450. The van der Waals surface area contributed by atoms with Crippen molar-refractivity contribution in [1.29, 1.82) is 0 Å². The standard InChI is InChI=1S/C17H26BrFN2/c1-3-12-4-7-14(8-5-12)21(2)17(11-20)15-9-6-13(19)10-16(15)18/h6,9-10,12,14,17H,3-5,7-8,11,20H2,1-2H3. The molecule has 1 aliphatic carbocycles. The normalized spacial score (nSPS) is 24.3. The van der Waals surface area contributed by atoms with Gasteiger partial charge in [-0.1, -0.05) is 35.3 Å². The van der Waals surface area contributed by atoms with Gasteiger partial charge in [-0.3, -0.25) is 4.90 Å². The Kier molecular flexibility index (Phi) is 6.20. The lowest BCUT2D eigenvalue weighted by Crippen LogP contribution is -2.40. The highest BCUT2D eigenvalue weighted by atomic mass is 79.9. The molecule has 1 fully saturated rings. The van der Waals surface area contributed by atoms with Crippen LogP contribution in [0.3, 0.4) is 0 Å². The summed E-state index contributed by atoms with van der Waals surface area (Å²) in [6, 6.07) is 5.62. The summed E-state index contributed by atoms with van der Waals surface area (Å²) in [5, 5.41) is 0. The lowest BCUT2D eigenvalue weighted by atomic mass is 9.83. The highest BCUT2D eigenvalue weighted by molar-refractivity contribution is 9.10. The second-order valence-electron chi connectivity index (χ2n) is 6.17. The van der Waals surface area contributed by atoms with Crippen LogP contribution in [0.15, 0.2) is 22.7 Å². The molecule has 0 aliphatic heterocycles. The van der Waals surface area contributed by atoms with Crippen molar-refractivity contribution in [2.45, 2.75) is 51.1 Å². The Morgan fingerprint density at radius 3 is 2.52 bits per heavy atom. The highest BCUT2D eigenvalue weighted by Crippen LogP contribution is 2.34. The number of benzene rings is 1. The van der Waals surface area contributed by atoms with Crippen LogP contribution in [0.4, 0.5) is 4.39 Å². The molecule has 0 saturated heterocycles. The molecule has 0 heterocycles. The summed E-state index contributed by atoms with van der Waals surface area (Å²) in [4.78, 5) is 2.39. The van der Waals surface area contributed by atoms with Gasteiger partial charge in [0.1, 0.15) is 5.82 Å². The molecular formula is C17H26BrFN2. The van der Waals surface area contributed by atoms with Gasteiger partial charge in [-0.2, -0.15) is 0 Å². The second kappa shape index (κ2) is 7.70. The molecule has 1 aromatic rings. The van der Waals surface area contributed by atoms with E-state index in [1.807, 2.05) is 6.07 Å². The van der Waals surface area contributed by atoms with Crippen LogP contribution in [0.2, 0.25) is 0 Å². The molecule has 0 radical (unpaired) electrons. The van der Waals surface area contributed by atoms with Crippen molar-refractivity contribution in [1.82, 2.24) is 4.90 Å². The first kappa shape index (κ1) is 16.9. The Morgan fingerprint density at radius 1 is 1.33 bits per heavy atom. The molecule has 0 amide bonds. The molecule has 2 N–H and O–H groups in total. The van der Waals surface area contributed by atoms with Crippen LogP contribution in [0.25, 0.3) is 0 Å². The summed E-state index contributed by atoms with van der Waals surface area (Å²) in [5.74, 6) is 0.677. The van der Waals surface area contributed by atoms with E-state index in [1.165, 1.54) is 44.2 Å². The van der Waals surface area contributed by atoms with Crippen molar-refractivity contribution in [3.05, 3.63) is 34.1 Å². The molecule has 1 aliphatic rings. The first-order valence-electron chi connectivity index (χ1n) is 7.93. The summed E-state index contributed by atoms with van der Waals surface area (Å²) in [7, 11) is 2.16. The second-order valence-corrected chi connectivity index (χ2v) is 7.02. The molecule has 118 valence electrons. The van der Waals surface area contributed by atoms with E-state index in [0.717, 1.165) is 16.0 Å². The minimum Gasteiger partial charge on any atom is -0.329 e. The highest BCUT2D eigenvalue weighted by Gasteiger charge is 2.28. The van der Waals surface area contributed by atoms with Crippen LogP contribution in [0.5, 0.6) is 0 Å². The van der Waals surface area contributed by atoms with Gasteiger partial charge in [-0.05, 0) is 56.3 Å². The van der Waals surface area contributed by atoms with Crippen LogP contribution >= 0.6 is 15.9 Å². The zero-order valence-corrected chi connectivity index (χ0v) is 14.6. The predicted octanol–water partition coefficient (Wildman–Crippen LogP) is 4.49. The SMILES string of the molecule is CCC1CCC(N(C)C(CN)c2ccc(F)cc2Br)CC1. The fourth-order valence-corrected chi connectivity index (χ4v) is 4.11. The van der Waals surface area contributed by atoms with Crippen molar-refractivity contribution < 1.29 is 4.39 Å². The smallest absolute Gasteiger partial charge is 0.124 e. The van der Waals surface area contributed by atoms with Gasteiger partial charge in [0, 0.05) is 23.1 Å². The first-order chi connectivity index (χ1) is 10.1. The number of hydrogen-bond acceptors (Lipinski definition) is 2. The Labute approximate surface area is 136 Å². The zero-order chi connectivity index (χ0) is 15.4. The van der Waals surface area contributed by atoms with Gasteiger partial charge in [0.15, 0.2) is 0 Å². The molecule has 0 spiro atoms. The van der Waals surface area contributed by atoms with E-state index in [9.17, 15) is 4.39 Å². The number of nitrogens with zero attached hydrogens (tertiary/aromatic N) is 1. The van der Waals surface area contributed by atoms with E-state index in [1.54, 1.807) is 0 Å². The topological polar surface area (TPSA) is 29.3 Å².